The van der Waals surface area contributed by atoms with Crippen molar-refractivity contribution in [3.8, 4) is 0 Å². The third-order valence-electron chi connectivity index (χ3n) is 3.87. The van der Waals surface area contributed by atoms with Gasteiger partial charge in [-0.2, -0.15) is 0 Å². The van der Waals surface area contributed by atoms with E-state index in [1.807, 2.05) is 12.1 Å². The van der Waals surface area contributed by atoms with Crippen molar-refractivity contribution in [2.24, 2.45) is 11.7 Å². The lowest BCUT2D eigenvalue weighted by Gasteiger charge is -2.14. The molecule has 1 heterocycles. The summed E-state index contributed by atoms with van der Waals surface area (Å²) in [5.74, 6) is 0.569. The van der Waals surface area contributed by atoms with E-state index < -0.39 is 0 Å². The van der Waals surface area contributed by atoms with Crippen molar-refractivity contribution >= 4 is 0 Å². The fourth-order valence-electron chi connectivity index (χ4n) is 2.85. The summed E-state index contributed by atoms with van der Waals surface area (Å²) >= 11 is 0. The fourth-order valence-corrected chi connectivity index (χ4v) is 2.85. The predicted molar refractivity (Wildman–Crippen MR) is 56.9 cm³/mol. The van der Waals surface area contributed by atoms with Crippen molar-refractivity contribution in [3.63, 3.8) is 0 Å². The van der Waals surface area contributed by atoms with E-state index >= 15 is 0 Å². The van der Waals surface area contributed by atoms with Crippen LogP contribution in [-0.2, 0) is 12.0 Å². The Balaban J connectivity index is 1.99. The summed E-state index contributed by atoms with van der Waals surface area (Å²) in [6.07, 6.45) is 1.14. The molecule has 2 aliphatic rings. The predicted octanol–water partition coefficient (Wildman–Crippen LogP) is 1.15. The van der Waals surface area contributed by atoms with Gasteiger partial charge in [0.05, 0.1) is 0 Å². The molecule has 1 aromatic carbocycles. The average molecular weight is 206 g/mol. The molecule has 0 bridgehead atoms. The number of benzene rings is 1. The van der Waals surface area contributed by atoms with Crippen LogP contribution in [0.25, 0.3) is 0 Å². The molecule has 1 aromatic rings. The van der Waals surface area contributed by atoms with Crippen LogP contribution in [0.4, 0.5) is 4.39 Å². The summed E-state index contributed by atoms with van der Waals surface area (Å²) in [6.45, 7) is 2.38. The Labute approximate surface area is 88.7 Å². The second-order valence-corrected chi connectivity index (χ2v) is 4.71. The first kappa shape index (κ1) is 9.31. The minimum atomic E-state index is -0.0795. The maximum absolute atomic E-state index is 13.9. The minimum Gasteiger partial charge on any atom is -0.326 e. The Morgan fingerprint density at radius 3 is 2.93 bits per heavy atom. The lowest BCUT2D eigenvalue weighted by atomic mass is 9.93. The second kappa shape index (κ2) is 3.03. The van der Waals surface area contributed by atoms with Gasteiger partial charge in [-0.15, -0.1) is 0 Å². The molecule has 0 radical (unpaired) electrons. The molecule has 1 aliphatic heterocycles. The van der Waals surface area contributed by atoms with Crippen LogP contribution in [-0.4, -0.2) is 13.1 Å². The molecule has 0 spiro atoms. The number of hydrogen-bond acceptors (Lipinski definition) is 2. The van der Waals surface area contributed by atoms with Gasteiger partial charge in [-0.05, 0) is 36.1 Å². The van der Waals surface area contributed by atoms with Crippen LogP contribution in [0.3, 0.4) is 0 Å². The molecule has 2 fully saturated rings. The molecule has 2 atom stereocenters. The van der Waals surface area contributed by atoms with Crippen molar-refractivity contribution in [2.45, 2.75) is 18.4 Å². The first-order chi connectivity index (χ1) is 7.26. The van der Waals surface area contributed by atoms with Gasteiger partial charge < -0.3 is 11.1 Å². The molecular weight excluding hydrogens is 191 g/mol. The quantitative estimate of drug-likeness (QED) is 0.761. The van der Waals surface area contributed by atoms with Gasteiger partial charge in [-0.3, -0.25) is 0 Å². The molecular formula is C12H15FN2. The monoisotopic (exact) mass is 206 g/mol. The normalized spacial score (nSPS) is 32.8. The standard InChI is InChI=1S/C12H15FN2/c13-11-3-8(5-14)1-2-10(11)12-4-9(12)6-15-7-12/h1-3,9,15H,4-7,14H2. The molecule has 1 saturated heterocycles. The molecule has 2 nitrogen and oxygen atoms in total. The highest BCUT2D eigenvalue weighted by molar-refractivity contribution is 5.39. The SMILES string of the molecule is NCc1ccc(C23CNCC2C3)c(F)c1. The smallest absolute Gasteiger partial charge is 0.127 e. The van der Waals surface area contributed by atoms with E-state index in [2.05, 4.69) is 5.32 Å². The third kappa shape index (κ3) is 1.23. The van der Waals surface area contributed by atoms with Gasteiger partial charge in [0.2, 0.25) is 0 Å². The minimum absolute atomic E-state index is 0.0795. The summed E-state index contributed by atoms with van der Waals surface area (Å²) in [4.78, 5) is 0. The maximum atomic E-state index is 13.9. The highest BCUT2D eigenvalue weighted by Crippen LogP contribution is 2.56. The van der Waals surface area contributed by atoms with E-state index in [9.17, 15) is 4.39 Å². The van der Waals surface area contributed by atoms with Crippen LogP contribution in [0.2, 0.25) is 0 Å². The number of halogens is 1. The molecule has 0 aromatic heterocycles. The highest BCUT2D eigenvalue weighted by atomic mass is 19.1. The van der Waals surface area contributed by atoms with E-state index in [0.29, 0.717) is 12.5 Å². The van der Waals surface area contributed by atoms with E-state index in [-0.39, 0.29) is 11.2 Å². The second-order valence-electron chi connectivity index (χ2n) is 4.71. The third-order valence-corrected chi connectivity index (χ3v) is 3.87. The Kier molecular flexibility index (Phi) is 1.88. The Bertz CT molecular complexity index is 405. The summed E-state index contributed by atoms with van der Waals surface area (Å²) in [5.41, 5.74) is 7.35. The van der Waals surface area contributed by atoms with Gasteiger partial charge >= 0.3 is 0 Å². The number of hydrogen-bond donors (Lipinski definition) is 2. The van der Waals surface area contributed by atoms with Crippen molar-refractivity contribution in [2.75, 3.05) is 13.1 Å². The van der Waals surface area contributed by atoms with Crippen LogP contribution in [0.5, 0.6) is 0 Å². The zero-order chi connectivity index (χ0) is 10.5. The topological polar surface area (TPSA) is 38.0 Å². The summed E-state index contributed by atoms with van der Waals surface area (Å²) in [7, 11) is 0. The Hall–Kier alpha value is -0.930. The summed E-state index contributed by atoms with van der Waals surface area (Å²) in [6, 6.07) is 5.45. The van der Waals surface area contributed by atoms with Gasteiger partial charge in [0, 0.05) is 18.5 Å². The van der Waals surface area contributed by atoms with Crippen LogP contribution in [0.1, 0.15) is 17.5 Å². The van der Waals surface area contributed by atoms with Crippen LogP contribution in [0.15, 0.2) is 18.2 Å². The van der Waals surface area contributed by atoms with Crippen molar-refractivity contribution in [3.05, 3.63) is 35.1 Å². The first-order valence-corrected chi connectivity index (χ1v) is 5.46. The highest BCUT2D eigenvalue weighted by Gasteiger charge is 2.59. The van der Waals surface area contributed by atoms with Crippen molar-refractivity contribution < 1.29 is 4.39 Å². The summed E-state index contributed by atoms with van der Waals surface area (Å²) in [5, 5.41) is 3.33. The van der Waals surface area contributed by atoms with Crippen LogP contribution >= 0.6 is 0 Å². The van der Waals surface area contributed by atoms with Gasteiger partial charge in [-0.1, -0.05) is 12.1 Å². The Morgan fingerprint density at radius 1 is 1.53 bits per heavy atom. The molecule has 80 valence electrons. The molecule has 3 rings (SSSR count). The molecule has 1 aliphatic carbocycles. The Morgan fingerprint density at radius 2 is 2.40 bits per heavy atom. The number of rotatable bonds is 2. The molecule has 3 heteroatoms. The average Bonchev–Trinajstić information content (AvgIpc) is 2.81. The molecule has 15 heavy (non-hydrogen) atoms. The lowest BCUT2D eigenvalue weighted by molar-refractivity contribution is 0.567. The van der Waals surface area contributed by atoms with Crippen molar-refractivity contribution in [1.29, 1.82) is 0 Å². The molecule has 1 saturated carbocycles. The van der Waals surface area contributed by atoms with E-state index in [0.717, 1.165) is 30.6 Å². The molecule has 3 N–H and O–H groups in total. The van der Waals surface area contributed by atoms with Crippen molar-refractivity contribution in [1.82, 2.24) is 5.32 Å². The fraction of sp³-hybridized carbons (Fsp3) is 0.500. The zero-order valence-electron chi connectivity index (χ0n) is 8.59. The van der Waals surface area contributed by atoms with Gasteiger partial charge in [0.15, 0.2) is 0 Å². The number of piperidine rings is 1. The van der Waals surface area contributed by atoms with E-state index in [1.54, 1.807) is 6.07 Å². The van der Waals surface area contributed by atoms with Crippen LogP contribution < -0.4 is 11.1 Å². The van der Waals surface area contributed by atoms with Crippen LogP contribution in [0, 0.1) is 11.7 Å². The maximum Gasteiger partial charge on any atom is 0.127 e. The zero-order valence-corrected chi connectivity index (χ0v) is 8.59. The molecule has 0 amide bonds. The van der Waals surface area contributed by atoms with Gasteiger partial charge in [0.25, 0.3) is 0 Å². The lowest BCUT2D eigenvalue weighted by Crippen LogP contribution is -2.20. The van der Waals surface area contributed by atoms with E-state index in [1.165, 1.54) is 0 Å². The molecule has 2 unspecified atom stereocenters. The summed E-state index contributed by atoms with van der Waals surface area (Å²) < 4.78 is 13.9. The number of nitrogens with one attached hydrogen (secondary N) is 1. The van der Waals surface area contributed by atoms with Gasteiger partial charge in [0.1, 0.15) is 5.82 Å². The van der Waals surface area contributed by atoms with Gasteiger partial charge in [-0.25, -0.2) is 4.39 Å². The van der Waals surface area contributed by atoms with E-state index in [4.69, 9.17) is 5.73 Å². The first-order valence-electron chi connectivity index (χ1n) is 5.46. The largest absolute Gasteiger partial charge is 0.326 e. The number of nitrogens with two attached hydrogens (primary N) is 1. The number of fused-ring (bicyclic) bond motifs is 1.